The second-order valence-corrected chi connectivity index (χ2v) is 15.1. The highest BCUT2D eigenvalue weighted by molar-refractivity contribution is 7.94. The quantitative estimate of drug-likeness (QED) is 0.264. The number of aliphatic carboxylic acids is 1. The van der Waals surface area contributed by atoms with Gasteiger partial charge >= 0.3 is 12.0 Å². The summed E-state index contributed by atoms with van der Waals surface area (Å²) in [4.78, 5) is 27.9. The summed E-state index contributed by atoms with van der Waals surface area (Å²) in [7, 11) is -7.69. The average molecular weight is 631 g/mol. The molecular formula is C29H27ClN2O8S2. The van der Waals surface area contributed by atoms with Gasteiger partial charge in [0.25, 0.3) is 0 Å². The summed E-state index contributed by atoms with van der Waals surface area (Å²) < 4.78 is 51.6. The highest BCUT2D eigenvalue weighted by atomic mass is 35.5. The predicted molar refractivity (Wildman–Crippen MR) is 157 cm³/mol. The van der Waals surface area contributed by atoms with E-state index in [9.17, 15) is 26.4 Å². The Bertz CT molecular complexity index is 1800. The Balaban J connectivity index is 0.000000216. The Morgan fingerprint density at radius 3 is 1.95 bits per heavy atom. The number of rotatable bonds is 8. The zero-order valence-corrected chi connectivity index (χ0v) is 24.9. The van der Waals surface area contributed by atoms with Crippen molar-refractivity contribution in [2.45, 2.75) is 46.0 Å². The van der Waals surface area contributed by atoms with Gasteiger partial charge in [0.1, 0.15) is 16.7 Å². The molecule has 0 spiro atoms. The van der Waals surface area contributed by atoms with Crippen LogP contribution in [0.4, 0.5) is 6.01 Å². The number of carboxylic acid groups (broad SMARTS) is 1. The first-order chi connectivity index (χ1) is 19.7. The van der Waals surface area contributed by atoms with Crippen molar-refractivity contribution in [2.75, 3.05) is 5.32 Å². The first-order valence-corrected chi connectivity index (χ1v) is 15.9. The second kappa shape index (κ2) is 11.7. The van der Waals surface area contributed by atoms with Crippen molar-refractivity contribution in [1.29, 1.82) is 0 Å². The van der Waals surface area contributed by atoms with Crippen LogP contribution in [0.3, 0.4) is 0 Å². The fourth-order valence-corrected chi connectivity index (χ4v) is 7.23. The fourth-order valence-electron chi connectivity index (χ4n) is 3.89. The number of amides is 1. The lowest BCUT2D eigenvalue weighted by Gasteiger charge is -2.22. The molecule has 4 aromatic rings. The molecule has 1 heterocycles. The molecule has 10 nitrogen and oxygen atoms in total. The third-order valence-corrected chi connectivity index (χ3v) is 12.0. The number of benzene rings is 3. The molecule has 1 fully saturated rings. The number of hydrogen-bond acceptors (Lipinski definition) is 8. The summed E-state index contributed by atoms with van der Waals surface area (Å²) in [6.45, 7) is 2.71. The molecule has 3 aromatic carbocycles. The number of carbonyl (C=O) groups excluding carboxylic acids is 1. The molecule has 5 rings (SSSR count). The molecule has 1 aliphatic carbocycles. The summed E-state index contributed by atoms with van der Waals surface area (Å²) in [5.41, 5.74) is 1.37. The van der Waals surface area contributed by atoms with Crippen molar-refractivity contribution in [2.24, 2.45) is 0 Å². The first-order valence-electron chi connectivity index (χ1n) is 12.6. The number of sulfone groups is 2. The van der Waals surface area contributed by atoms with E-state index >= 15 is 0 Å². The smallest absolute Gasteiger partial charge is 0.325 e. The Kier molecular flexibility index (Phi) is 8.63. The molecule has 1 saturated carbocycles. The van der Waals surface area contributed by atoms with Gasteiger partial charge in [-0.3, -0.25) is 14.9 Å². The minimum Gasteiger partial charge on any atom is -0.480 e. The number of anilines is 1. The topological polar surface area (TPSA) is 161 Å². The van der Waals surface area contributed by atoms with Gasteiger partial charge in [0, 0.05) is 10.6 Å². The van der Waals surface area contributed by atoms with Crippen molar-refractivity contribution in [3.05, 3.63) is 96.2 Å². The van der Waals surface area contributed by atoms with Gasteiger partial charge in [-0.25, -0.2) is 16.8 Å². The van der Waals surface area contributed by atoms with E-state index < -0.39 is 41.0 Å². The van der Waals surface area contributed by atoms with Gasteiger partial charge in [0.15, 0.2) is 24.4 Å². The summed E-state index contributed by atoms with van der Waals surface area (Å²) in [5, 5.41) is 11.8. The van der Waals surface area contributed by atoms with Gasteiger partial charge in [-0.05, 0) is 63.1 Å². The summed E-state index contributed by atoms with van der Waals surface area (Å²) in [6.07, 6.45) is 1.75. The maximum atomic E-state index is 12.8. The molecule has 0 bridgehead atoms. The molecule has 42 heavy (non-hydrogen) atoms. The van der Waals surface area contributed by atoms with Gasteiger partial charge in [-0.2, -0.15) is 4.98 Å². The van der Waals surface area contributed by atoms with E-state index in [0.29, 0.717) is 10.7 Å². The summed E-state index contributed by atoms with van der Waals surface area (Å²) >= 11 is 5.64. The monoisotopic (exact) mass is 630 g/mol. The summed E-state index contributed by atoms with van der Waals surface area (Å²) in [5.74, 6) is -2.00. The summed E-state index contributed by atoms with van der Waals surface area (Å²) in [6, 6.07) is 22.7. The zero-order valence-electron chi connectivity index (χ0n) is 22.5. The van der Waals surface area contributed by atoms with E-state index in [1.165, 1.54) is 56.5 Å². The molecule has 1 amide bonds. The van der Waals surface area contributed by atoms with Gasteiger partial charge < -0.3 is 9.52 Å². The molecule has 0 unspecified atom stereocenters. The van der Waals surface area contributed by atoms with Crippen LogP contribution in [-0.2, 0) is 29.3 Å². The Hall–Kier alpha value is -4.00. The van der Waals surface area contributed by atoms with Gasteiger partial charge in [0.05, 0.1) is 9.79 Å². The van der Waals surface area contributed by atoms with Gasteiger partial charge in [-0.15, -0.1) is 0 Å². The standard InChI is InChI=1S/C19H18N2O4S.C10H9ClO4S/c1-19(2,26(23,24)15-11-7-4-8-12-15)17(22)21-18-20-16(13-25-18)14-9-5-3-6-10-14;11-7-1-3-8(4-2-7)16(14,15)10(5-6-10)9(12)13/h3-13H,1-2H3,(H,20,21,22);1-4H,5-6H2,(H,12,13). The number of halogens is 1. The molecule has 0 radical (unpaired) electrons. The van der Waals surface area contributed by atoms with Crippen molar-refractivity contribution in [3.63, 3.8) is 0 Å². The zero-order chi connectivity index (χ0) is 30.8. The Morgan fingerprint density at radius 2 is 1.43 bits per heavy atom. The van der Waals surface area contributed by atoms with E-state index in [1.807, 2.05) is 30.3 Å². The van der Waals surface area contributed by atoms with Crippen molar-refractivity contribution >= 4 is 49.2 Å². The number of nitrogens with one attached hydrogen (secondary N) is 1. The van der Waals surface area contributed by atoms with E-state index in [2.05, 4.69) is 10.3 Å². The van der Waals surface area contributed by atoms with Gasteiger partial charge in [0.2, 0.25) is 5.91 Å². The highest BCUT2D eigenvalue weighted by Gasteiger charge is 2.61. The van der Waals surface area contributed by atoms with Crippen molar-refractivity contribution in [3.8, 4) is 11.3 Å². The number of carbonyl (C=O) groups is 2. The largest absolute Gasteiger partial charge is 0.480 e. The number of oxazole rings is 1. The van der Waals surface area contributed by atoms with Crippen LogP contribution in [0, 0.1) is 0 Å². The van der Waals surface area contributed by atoms with E-state index in [1.54, 1.807) is 18.2 Å². The molecule has 2 N–H and O–H groups in total. The van der Waals surface area contributed by atoms with E-state index in [-0.39, 0.29) is 28.6 Å². The molecule has 0 atom stereocenters. The average Bonchev–Trinajstić information content (AvgIpc) is 3.69. The van der Waals surface area contributed by atoms with E-state index in [4.69, 9.17) is 21.1 Å². The maximum absolute atomic E-state index is 12.8. The second-order valence-electron chi connectivity index (χ2n) is 9.94. The molecule has 0 aliphatic heterocycles. The SMILES string of the molecule is CC(C)(C(=O)Nc1nc(-c2ccccc2)co1)S(=O)(=O)c1ccccc1.O=C(O)C1(S(=O)(=O)c2ccc(Cl)cc2)CC1. The van der Waals surface area contributed by atoms with Crippen LogP contribution in [0.2, 0.25) is 5.02 Å². The Morgan fingerprint density at radius 1 is 0.881 bits per heavy atom. The van der Waals surface area contributed by atoms with Gasteiger partial charge in [-0.1, -0.05) is 60.1 Å². The van der Waals surface area contributed by atoms with Crippen LogP contribution < -0.4 is 5.32 Å². The first kappa shape index (κ1) is 30.9. The maximum Gasteiger partial charge on any atom is 0.325 e. The number of aromatic nitrogens is 1. The fraction of sp³-hybridized carbons (Fsp3) is 0.207. The molecule has 220 valence electrons. The van der Waals surface area contributed by atoms with Crippen LogP contribution in [0.5, 0.6) is 0 Å². The van der Waals surface area contributed by atoms with Crippen LogP contribution in [-0.4, -0.2) is 48.3 Å². The number of hydrogen-bond donors (Lipinski definition) is 2. The lowest BCUT2D eigenvalue weighted by atomic mass is 10.2. The third-order valence-electron chi connectivity index (χ3n) is 6.80. The van der Waals surface area contributed by atoms with Crippen LogP contribution in [0.15, 0.2) is 105 Å². The Labute approximate surface area is 248 Å². The van der Waals surface area contributed by atoms with Crippen LogP contribution in [0.25, 0.3) is 11.3 Å². The van der Waals surface area contributed by atoms with Crippen molar-refractivity contribution in [1.82, 2.24) is 4.98 Å². The van der Waals surface area contributed by atoms with Crippen molar-refractivity contribution < 1.29 is 35.9 Å². The lowest BCUT2D eigenvalue weighted by molar-refractivity contribution is -0.137. The molecule has 0 saturated heterocycles. The van der Waals surface area contributed by atoms with Crippen LogP contribution in [0.1, 0.15) is 26.7 Å². The predicted octanol–water partition coefficient (Wildman–Crippen LogP) is 5.26. The van der Waals surface area contributed by atoms with Crippen LogP contribution >= 0.6 is 11.6 Å². The lowest BCUT2D eigenvalue weighted by Crippen LogP contribution is -2.44. The third kappa shape index (κ3) is 5.96. The highest BCUT2D eigenvalue weighted by Crippen LogP contribution is 2.47. The number of carboxylic acids is 1. The molecule has 1 aliphatic rings. The van der Waals surface area contributed by atoms with E-state index in [0.717, 1.165) is 5.56 Å². The molecule has 1 aromatic heterocycles. The number of nitrogens with zero attached hydrogens (tertiary/aromatic N) is 1. The normalized spacial score (nSPS) is 14.3. The molecule has 13 heteroatoms. The minimum atomic E-state index is -3.88. The minimum absolute atomic E-state index is 0.0109. The molecular weight excluding hydrogens is 604 g/mol.